The number of quaternary nitrogens is 1. The molecule has 1 atom stereocenters. The largest absolute Gasteiger partial charge is 0.370 e. The van der Waals surface area contributed by atoms with Crippen LogP contribution in [0.5, 0.6) is 0 Å². The maximum Gasteiger partial charge on any atom is 0.260 e. The van der Waals surface area contributed by atoms with E-state index in [0.29, 0.717) is 6.42 Å². The lowest BCUT2D eigenvalue weighted by atomic mass is 10.1. The van der Waals surface area contributed by atoms with Crippen molar-refractivity contribution in [1.82, 2.24) is 0 Å². The minimum absolute atomic E-state index is 0.0210. The molecular formula is C14H19N2O3+. The first-order chi connectivity index (χ1) is 9.19. The van der Waals surface area contributed by atoms with Gasteiger partial charge in [0.2, 0.25) is 5.72 Å². The third-order valence-corrected chi connectivity index (χ3v) is 3.84. The number of carbonyl (C=O) groups is 1. The van der Waals surface area contributed by atoms with Crippen molar-refractivity contribution in [1.29, 1.82) is 0 Å². The molecule has 1 aromatic rings. The molecule has 3 rings (SSSR count). The second kappa shape index (κ2) is 4.92. The number of hydroxylamine groups is 1. The molecule has 1 N–H and O–H groups in total. The normalized spacial score (nSPS) is 28.9. The number of benzene rings is 1. The summed E-state index contributed by atoms with van der Waals surface area (Å²) < 4.78 is 5.37. The SMILES string of the molecule is C[C@@]1([NH+]2CCOCC2)CC(=O)N(c2ccccc2)O1. The average molecular weight is 263 g/mol. The van der Waals surface area contributed by atoms with Crippen LogP contribution in [0.2, 0.25) is 0 Å². The van der Waals surface area contributed by atoms with Crippen LogP contribution < -0.4 is 9.96 Å². The molecule has 2 heterocycles. The Labute approximate surface area is 112 Å². The molecule has 2 aliphatic rings. The predicted octanol–water partition coefficient (Wildman–Crippen LogP) is -0.0138. The van der Waals surface area contributed by atoms with Crippen molar-refractivity contribution in [2.45, 2.75) is 19.1 Å². The highest BCUT2D eigenvalue weighted by Crippen LogP contribution is 2.27. The van der Waals surface area contributed by atoms with Crippen LogP contribution in [0.3, 0.4) is 0 Å². The van der Waals surface area contributed by atoms with Crippen LogP contribution in [0.1, 0.15) is 13.3 Å². The second-order valence-corrected chi connectivity index (χ2v) is 5.24. The lowest BCUT2D eigenvalue weighted by Crippen LogP contribution is -3.21. The van der Waals surface area contributed by atoms with Gasteiger partial charge in [0.05, 0.1) is 18.9 Å². The lowest BCUT2D eigenvalue weighted by molar-refractivity contribution is -0.980. The standard InChI is InChI=1S/C14H18N2O3/c1-14(15-7-9-18-10-8-15)11-13(17)16(19-14)12-5-3-2-4-6-12/h2-6H,7-11H2,1H3/p+1/t14-/m0/s1. The molecule has 102 valence electrons. The van der Waals surface area contributed by atoms with E-state index in [9.17, 15) is 4.79 Å². The van der Waals surface area contributed by atoms with Crippen molar-refractivity contribution in [2.24, 2.45) is 0 Å². The van der Waals surface area contributed by atoms with E-state index >= 15 is 0 Å². The Kier molecular flexibility index (Phi) is 3.26. The zero-order valence-electron chi connectivity index (χ0n) is 11.1. The molecule has 2 saturated heterocycles. The maximum absolute atomic E-state index is 12.2. The van der Waals surface area contributed by atoms with Crippen LogP contribution in [0, 0.1) is 0 Å². The van der Waals surface area contributed by atoms with Crippen LogP contribution >= 0.6 is 0 Å². The van der Waals surface area contributed by atoms with Crippen LogP contribution in [0.15, 0.2) is 30.3 Å². The van der Waals surface area contributed by atoms with Crippen molar-refractivity contribution < 1.29 is 19.3 Å². The Balaban J connectivity index is 1.79. The third kappa shape index (κ3) is 2.36. The Morgan fingerprint density at radius 3 is 2.58 bits per heavy atom. The molecule has 0 spiro atoms. The van der Waals surface area contributed by atoms with Crippen molar-refractivity contribution in [3.8, 4) is 0 Å². The Bertz CT molecular complexity index is 459. The van der Waals surface area contributed by atoms with Gasteiger partial charge in [-0.25, -0.2) is 4.84 Å². The highest BCUT2D eigenvalue weighted by molar-refractivity contribution is 5.93. The second-order valence-electron chi connectivity index (χ2n) is 5.24. The van der Waals surface area contributed by atoms with Gasteiger partial charge in [0.1, 0.15) is 19.5 Å². The third-order valence-electron chi connectivity index (χ3n) is 3.84. The number of rotatable bonds is 2. The number of nitrogens with one attached hydrogen (secondary N) is 1. The van der Waals surface area contributed by atoms with Gasteiger partial charge in [-0.1, -0.05) is 18.2 Å². The fourth-order valence-electron chi connectivity index (χ4n) is 2.74. The lowest BCUT2D eigenvalue weighted by Gasteiger charge is -2.35. The van der Waals surface area contributed by atoms with E-state index in [2.05, 4.69) is 0 Å². The van der Waals surface area contributed by atoms with Crippen LogP contribution in [0.25, 0.3) is 0 Å². The molecule has 0 aliphatic carbocycles. The molecule has 0 saturated carbocycles. The first-order valence-corrected chi connectivity index (χ1v) is 6.69. The summed E-state index contributed by atoms with van der Waals surface area (Å²) in [4.78, 5) is 19.5. The zero-order valence-corrected chi connectivity index (χ0v) is 11.1. The number of nitrogens with zero attached hydrogens (tertiary/aromatic N) is 1. The van der Waals surface area contributed by atoms with Crippen LogP contribution in [-0.2, 0) is 14.4 Å². The van der Waals surface area contributed by atoms with Gasteiger partial charge in [0.25, 0.3) is 5.91 Å². The summed E-state index contributed by atoms with van der Waals surface area (Å²) in [5.74, 6) is 0.0210. The molecule has 1 amide bonds. The first-order valence-electron chi connectivity index (χ1n) is 6.69. The fourth-order valence-corrected chi connectivity index (χ4v) is 2.74. The summed E-state index contributed by atoms with van der Waals surface area (Å²) in [6.07, 6.45) is 0.414. The summed E-state index contributed by atoms with van der Waals surface area (Å²) >= 11 is 0. The molecule has 2 fully saturated rings. The Hall–Kier alpha value is -1.43. The number of carbonyl (C=O) groups excluding carboxylic acids is 1. The van der Waals surface area contributed by atoms with E-state index in [-0.39, 0.29) is 5.91 Å². The topological polar surface area (TPSA) is 43.2 Å². The van der Waals surface area contributed by atoms with E-state index < -0.39 is 5.72 Å². The fraction of sp³-hybridized carbons (Fsp3) is 0.500. The Morgan fingerprint density at radius 2 is 1.89 bits per heavy atom. The summed E-state index contributed by atoms with van der Waals surface area (Å²) in [6, 6.07) is 9.51. The first kappa shape index (κ1) is 12.6. The quantitative estimate of drug-likeness (QED) is 0.816. The van der Waals surface area contributed by atoms with Crippen molar-refractivity contribution >= 4 is 11.6 Å². The summed E-state index contributed by atoms with van der Waals surface area (Å²) in [7, 11) is 0. The minimum atomic E-state index is -0.475. The molecule has 2 aliphatic heterocycles. The van der Waals surface area contributed by atoms with Crippen molar-refractivity contribution in [3.63, 3.8) is 0 Å². The van der Waals surface area contributed by atoms with E-state index in [1.54, 1.807) is 0 Å². The van der Waals surface area contributed by atoms with Gasteiger partial charge in [0.15, 0.2) is 0 Å². The minimum Gasteiger partial charge on any atom is -0.370 e. The molecule has 1 aromatic carbocycles. The van der Waals surface area contributed by atoms with Gasteiger partial charge >= 0.3 is 0 Å². The zero-order chi connectivity index (χ0) is 13.3. The van der Waals surface area contributed by atoms with Gasteiger partial charge in [0, 0.05) is 6.92 Å². The number of anilines is 1. The average Bonchev–Trinajstić information content (AvgIpc) is 2.77. The van der Waals surface area contributed by atoms with Crippen LogP contribution in [0.4, 0.5) is 5.69 Å². The number of ether oxygens (including phenoxy) is 1. The smallest absolute Gasteiger partial charge is 0.260 e. The molecule has 0 bridgehead atoms. The summed E-state index contributed by atoms with van der Waals surface area (Å²) in [5.41, 5.74) is 0.320. The highest BCUT2D eigenvalue weighted by Gasteiger charge is 2.50. The molecule has 19 heavy (non-hydrogen) atoms. The molecular weight excluding hydrogens is 244 g/mol. The number of hydrogen-bond donors (Lipinski definition) is 1. The van der Waals surface area contributed by atoms with E-state index in [1.807, 2.05) is 37.3 Å². The molecule has 0 aromatic heterocycles. The van der Waals surface area contributed by atoms with Crippen molar-refractivity contribution in [3.05, 3.63) is 30.3 Å². The summed E-state index contributed by atoms with van der Waals surface area (Å²) in [6.45, 7) is 5.23. The molecule has 0 radical (unpaired) electrons. The number of hydrogen-bond acceptors (Lipinski definition) is 3. The van der Waals surface area contributed by atoms with Gasteiger partial charge in [-0.2, -0.15) is 5.06 Å². The van der Waals surface area contributed by atoms with Crippen LogP contribution in [-0.4, -0.2) is 37.9 Å². The van der Waals surface area contributed by atoms with E-state index in [0.717, 1.165) is 32.0 Å². The highest BCUT2D eigenvalue weighted by atomic mass is 16.7. The molecule has 0 unspecified atom stereocenters. The van der Waals surface area contributed by atoms with Gasteiger partial charge in [-0.05, 0) is 12.1 Å². The Morgan fingerprint density at radius 1 is 1.21 bits per heavy atom. The number of morpholine rings is 1. The van der Waals surface area contributed by atoms with E-state index in [4.69, 9.17) is 9.57 Å². The monoisotopic (exact) mass is 263 g/mol. The number of para-hydroxylation sites is 1. The van der Waals surface area contributed by atoms with E-state index in [1.165, 1.54) is 9.96 Å². The molecule has 5 heteroatoms. The van der Waals surface area contributed by atoms with Gasteiger partial charge < -0.3 is 9.64 Å². The van der Waals surface area contributed by atoms with Crippen molar-refractivity contribution in [2.75, 3.05) is 31.4 Å². The number of amides is 1. The summed E-state index contributed by atoms with van der Waals surface area (Å²) in [5, 5.41) is 1.43. The van der Waals surface area contributed by atoms with Gasteiger partial charge in [-0.3, -0.25) is 4.79 Å². The molecule has 5 nitrogen and oxygen atoms in total. The predicted molar refractivity (Wildman–Crippen MR) is 69.6 cm³/mol. The maximum atomic E-state index is 12.2. The van der Waals surface area contributed by atoms with Gasteiger partial charge in [-0.15, -0.1) is 0 Å².